The van der Waals surface area contributed by atoms with E-state index in [9.17, 15) is 27.2 Å². The van der Waals surface area contributed by atoms with Crippen LogP contribution in [0.5, 0.6) is 0 Å². The fourth-order valence-electron chi connectivity index (χ4n) is 4.64. The summed E-state index contributed by atoms with van der Waals surface area (Å²) in [6, 6.07) is 13.5. The van der Waals surface area contributed by atoms with E-state index in [1.54, 1.807) is 38.1 Å². The van der Waals surface area contributed by atoms with Crippen molar-refractivity contribution in [3.05, 3.63) is 100 Å². The largest absolute Gasteiger partial charge is 0.417 e. The van der Waals surface area contributed by atoms with E-state index in [4.69, 9.17) is 0 Å². The van der Waals surface area contributed by atoms with Crippen LogP contribution in [0.15, 0.2) is 77.5 Å². The summed E-state index contributed by atoms with van der Waals surface area (Å²) in [5.41, 5.74) is -0.866. The first-order valence-corrected chi connectivity index (χ1v) is 12.4. The van der Waals surface area contributed by atoms with Crippen molar-refractivity contribution in [1.29, 1.82) is 0 Å². The number of carbonyl (C=O) groups is 2. The van der Waals surface area contributed by atoms with Gasteiger partial charge in [-0.05, 0) is 88.9 Å². The number of halogens is 5. The van der Waals surface area contributed by atoms with Gasteiger partial charge in [0, 0.05) is 18.1 Å². The number of hydrogen-bond acceptors (Lipinski definition) is 4. The molecule has 0 fully saturated rings. The number of nitrogens with zero attached hydrogens (tertiary/aromatic N) is 3. The van der Waals surface area contributed by atoms with Gasteiger partial charge in [0.2, 0.25) is 11.9 Å². The molecule has 1 aromatic heterocycles. The highest BCUT2D eigenvalue weighted by Gasteiger charge is 2.47. The molecule has 1 aliphatic rings. The molecule has 2 amide bonds. The zero-order chi connectivity index (χ0) is 28.1. The normalized spacial score (nSPS) is 14.3. The minimum atomic E-state index is -4.82. The third kappa shape index (κ3) is 4.67. The van der Waals surface area contributed by atoms with Crippen molar-refractivity contribution < 1.29 is 27.2 Å². The number of amides is 2. The fraction of sp³-hybridized carbons (Fsp3) is 0.143. The van der Waals surface area contributed by atoms with Gasteiger partial charge in [0.15, 0.2) is 0 Å². The average molecular weight is 599 g/mol. The van der Waals surface area contributed by atoms with Crippen LogP contribution in [0.3, 0.4) is 0 Å². The molecule has 0 spiro atoms. The van der Waals surface area contributed by atoms with Crippen LogP contribution in [0.4, 0.5) is 34.9 Å². The highest BCUT2D eigenvalue weighted by Crippen LogP contribution is 2.49. The van der Waals surface area contributed by atoms with Crippen LogP contribution in [-0.2, 0) is 16.4 Å². The van der Waals surface area contributed by atoms with Crippen molar-refractivity contribution in [2.45, 2.75) is 25.4 Å². The summed E-state index contributed by atoms with van der Waals surface area (Å²) in [4.78, 5) is 36.4. The first-order chi connectivity index (χ1) is 18.4. The Hall–Kier alpha value is -4.12. The smallest absolute Gasteiger partial charge is 0.322 e. The quantitative estimate of drug-likeness (QED) is 0.251. The molecule has 0 atom stereocenters. The number of alkyl halides is 3. The summed E-state index contributed by atoms with van der Waals surface area (Å²) in [5.74, 6) is -1.74. The summed E-state index contributed by atoms with van der Waals surface area (Å²) < 4.78 is 55.4. The van der Waals surface area contributed by atoms with Gasteiger partial charge in [0.1, 0.15) is 5.82 Å². The molecule has 0 aliphatic carbocycles. The summed E-state index contributed by atoms with van der Waals surface area (Å²) in [6.07, 6.45) is -1.81. The Balaban J connectivity index is 1.64. The predicted octanol–water partition coefficient (Wildman–Crippen LogP) is 7.27. The van der Waals surface area contributed by atoms with Gasteiger partial charge in [-0.2, -0.15) is 13.2 Å². The van der Waals surface area contributed by atoms with Gasteiger partial charge in [-0.25, -0.2) is 19.3 Å². The molecule has 1 N–H and O–H groups in total. The molecule has 2 heterocycles. The van der Waals surface area contributed by atoms with Crippen LogP contribution in [0.2, 0.25) is 0 Å². The SMILES string of the molecule is CC1(C)C(=O)N(c2ncccn2)c2cccc(-c3ccc(C(F)(F)F)c(C(=O)Nc4ccc(F)c(Br)c4)c3)c21. The Morgan fingerprint density at radius 1 is 1.00 bits per heavy atom. The minimum Gasteiger partial charge on any atom is -0.322 e. The van der Waals surface area contributed by atoms with Crippen molar-refractivity contribution in [3.8, 4) is 11.1 Å². The second kappa shape index (κ2) is 9.57. The number of hydrogen-bond donors (Lipinski definition) is 1. The van der Waals surface area contributed by atoms with Crippen LogP contribution in [-0.4, -0.2) is 21.8 Å². The van der Waals surface area contributed by atoms with E-state index in [2.05, 4.69) is 31.2 Å². The van der Waals surface area contributed by atoms with Crippen molar-refractivity contribution in [3.63, 3.8) is 0 Å². The molecule has 1 aliphatic heterocycles. The van der Waals surface area contributed by atoms with E-state index in [0.29, 0.717) is 22.4 Å². The number of nitrogens with one attached hydrogen (secondary N) is 1. The van der Waals surface area contributed by atoms with Gasteiger partial charge >= 0.3 is 6.18 Å². The molecule has 198 valence electrons. The minimum absolute atomic E-state index is 0.0452. The number of anilines is 3. The van der Waals surface area contributed by atoms with Crippen molar-refractivity contribution in [1.82, 2.24) is 9.97 Å². The summed E-state index contributed by atoms with van der Waals surface area (Å²) in [6.45, 7) is 3.43. The van der Waals surface area contributed by atoms with Crippen LogP contribution in [0, 0.1) is 5.82 Å². The van der Waals surface area contributed by atoms with Gasteiger partial charge in [0.25, 0.3) is 5.91 Å². The summed E-state index contributed by atoms with van der Waals surface area (Å²) in [7, 11) is 0. The molecular formula is C28H19BrF4N4O2. The summed E-state index contributed by atoms with van der Waals surface area (Å²) in [5, 5.41) is 2.41. The Labute approximate surface area is 228 Å². The average Bonchev–Trinajstić information content (AvgIpc) is 3.11. The molecule has 0 bridgehead atoms. The lowest BCUT2D eigenvalue weighted by molar-refractivity contribution is -0.137. The third-order valence-electron chi connectivity index (χ3n) is 6.46. The van der Waals surface area contributed by atoms with E-state index in [0.717, 1.165) is 18.2 Å². The van der Waals surface area contributed by atoms with Gasteiger partial charge in [-0.3, -0.25) is 9.59 Å². The lowest BCUT2D eigenvalue weighted by Crippen LogP contribution is -2.34. The standard InChI is InChI=1S/C28H19BrF4N4O2/c1-27(2)23-17(5-3-6-22(23)37(25(27)39)26-34-11-4-12-35-26)15-7-9-19(28(31,32)33)18(13-15)24(38)36-16-8-10-21(30)20(29)14-16/h3-14H,1-2H3,(H,36,38). The maximum absolute atomic E-state index is 13.9. The fourth-order valence-corrected chi connectivity index (χ4v) is 5.02. The Kier molecular flexibility index (Phi) is 6.50. The van der Waals surface area contributed by atoms with Gasteiger partial charge in [-0.1, -0.05) is 18.2 Å². The molecule has 4 aromatic rings. The van der Waals surface area contributed by atoms with Crippen LogP contribution < -0.4 is 10.2 Å². The zero-order valence-electron chi connectivity index (χ0n) is 20.5. The second-order valence-corrected chi connectivity index (χ2v) is 10.2. The topological polar surface area (TPSA) is 75.2 Å². The monoisotopic (exact) mass is 598 g/mol. The van der Waals surface area contributed by atoms with Crippen LogP contribution in [0.25, 0.3) is 11.1 Å². The lowest BCUT2D eigenvalue weighted by Gasteiger charge is -2.21. The van der Waals surface area contributed by atoms with E-state index in [-0.39, 0.29) is 22.0 Å². The van der Waals surface area contributed by atoms with Gasteiger partial charge in [-0.15, -0.1) is 0 Å². The van der Waals surface area contributed by atoms with Gasteiger partial charge in [0.05, 0.1) is 26.7 Å². The molecule has 11 heteroatoms. The highest BCUT2D eigenvalue weighted by atomic mass is 79.9. The van der Waals surface area contributed by atoms with E-state index >= 15 is 0 Å². The first-order valence-electron chi connectivity index (χ1n) is 11.6. The molecular weight excluding hydrogens is 580 g/mol. The molecule has 5 rings (SSSR count). The van der Waals surface area contributed by atoms with E-state index < -0.39 is 34.4 Å². The Morgan fingerprint density at radius 3 is 2.38 bits per heavy atom. The molecule has 0 saturated carbocycles. The third-order valence-corrected chi connectivity index (χ3v) is 7.06. The Bertz CT molecular complexity index is 1620. The number of carbonyl (C=O) groups excluding carboxylic acids is 2. The number of benzene rings is 3. The molecule has 0 radical (unpaired) electrons. The highest BCUT2D eigenvalue weighted by molar-refractivity contribution is 9.10. The zero-order valence-corrected chi connectivity index (χ0v) is 22.1. The number of rotatable bonds is 4. The molecule has 3 aromatic carbocycles. The van der Waals surface area contributed by atoms with Crippen molar-refractivity contribution in [2.24, 2.45) is 0 Å². The van der Waals surface area contributed by atoms with Crippen molar-refractivity contribution in [2.75, 3.05) is 10.2 Å². The van der Waals surface area contributed by atoms with Crippen LogP contribution >= 0.6 is 15.9 Å². The molecule has 0 saturated heterocycles. The lowest BCUT2D eigenvalue weighted by atomic mass is 9.81. The van der Waals surface area contributed by atoms with Crippen molar-refractivity contribution >= 4 is 45.1 Å². The molecule has 0 unspecified atom stereocenters. The predicted molar refractivity (Wildman–Crippen MR) is 141 cm³/mol. The van der Waals surface area contributed by atoms with Crippen LogP contribution in [0.1, 0.15) is 35.3 Å². The maximum Gasteiger partial charge on any atom is 0.417 e. The van der Waals surface area contributed by atoms with Gasteiger partial charge < -0.3 is 5.32 Å². The number of aromatic nitrogens is 2. The first kappa shape index (κ1) is 26.5. The molecule has 6 nitrogen and oxygen atoms in total. The maximum atomic E-state index is 13.9. The number of fused-ring (bicyclic) bond motifs is 1. The Morgan fingerprint density at radius 2 is 1.72 bits per heavy atom. The van der Waals surface area contributed by atoms with E-state index in [1.165, 1.54) is 35.5 Å². The van der Waals surface area contributed by atoms with E-state index in [1.807, 2.05) is 0 Å². The molecule has 39 heavy (non-hydrogen) atoms. The summed E-state index contributed by atoms with van der Waals surface area (Å²) >= 11 is 3.00. The second-order valence-electron chi connectivity index (χ2n) is 9.36.